The van der Waals surface area contributed by atoms with Crippen LogP contribution in [0.4, 0.5) is 5.69 Å². The number of nitrogens with one attached hydrogen (secondary N) is 1. The van der Waals surface area contributed by atoms with E-state index < -0.39 is 15.8 Å². The Morgan fingerprint density at radius 1 is 1.19 bits per heavy atom. The maximum atomic E-state index is 12.2. The van der Waals surface area contributed by atoms with Crippen molar-refractivity contribution in [3.8, 4) is 23.1 Å². The van der Waals surface area contributed by atoms with Crippen LogP contribution in [-0.4, -0.2) is 43.8 Å². The Kier molecular flexibility index (Phi) is 6.92. The molecule has 5 rings (SSSR count). The molecule has 1 atom stereocenters. The molecule has 1 aliphatic heterocycles. The summed E-state index contributed by atoms with van der Waals surface area (Å²) in [5.41, 5.74) is 3.82. The lowest BCUT2D eigenvalue weighted by Crippen LogP contribution is -2.25. The predicted molar refractivity (Wildman–Crippen MR) is 143 cm³/mol. The van der Waals surface area contributed by atoms with Gasteiger partial charge < -0.3 is 18.8 Å². The van der Waals surface area contributed by atoms with Gasteiger partial charge in [-0.15, -0.1) is 0 Å². The second kappa shape index (κ2) is 10.0. The molecule has 1 N–H and O–H groups in total. The largest absolute Gasteiger partial charge is 0.491 e. The van der Waals surface area contributed by atoms with Crippen molar-refractivity contribution in [3.63, 3.8) is 0 Å². The third-order valence-electron chi connectivity index (χ3n) is 6.94. The molecule has 2 aliphatic rings. The molecule has 3 aromatic rings. The van der Waals surface area contributed by atoms with Gasteiger partial charge in [0.05, 0.1) is 29.1 Å². The van der Waals surface area contributed by atoms with Crippen molar-refractivity contribution in [2.24, 2.45) is 0 Å². The number of sulfonamides is 1. The maximum absolute atomic E-state index is 12.2. The van der Waals surface area contributed by atoms with Gasteiger partial charge in [0.15, 0.2) is 5.79 Å². The van der Waals surface area contributed by atoms with Crippen LogP contribution >= 0.6 is 0 Å². The van der Waals surface area contributed by atoms with Crippen LogP contribution in [0.25, 0.3) is 22.2 Å². The Morgan fingerprint density at radius 3 is 2.54 bits per heavy atom. The topological polar surface area (TPSA) is 103 Å². The van der Waals surface area contributed by atoms with E-state index in [9.17, 15) is 13.7 Å². The van der Waals surface area contributed by atoms with Crippen molar-refractivity contribution in [3.05, 3.63) is 48.0 Å². The second-order valence-electron chi connectivity index (χ2n) is 10.2. The molecule has 1 saturated carbocycles. The summed E-state index contributed by atoms with van der Waals surface area (Å²) in [6.07, 6.45) is 3.65. The third kappa shape index (κ3) is 5.33. The van der Waals surface area contributed by atoms with Crippen molar-refractivity contribution < 1.29 is 22.6 Å². The summed E-state index contributed by atoms with van der Waals surface area (Å²) in [5.74, 6) is 0.194. The fraction of sp³-hybridized carbons (Fsp3) is 0.464. The lowest BCUT2D eigenvalue weighted by Gasteiger charge is -2.30. The molecule has 2 fully saturated rings. The van der Waals surface area contributed by atoms with Gasteiger partial charge >= 0.3 is 0 Å². The Morgan fingerprint density at radius 2 is 1.95 bits per heavy atom. The highest BCUT2D eigenvalue weighted by Gasteiger charge is 2.33. The molecule has 0 amide bonds. The van der Waals surface area contributed by atoms with E-state index in [-0.39, 0.29) is 11.9 Å². The molecule has 1 aromatic heterocycles. The van der Waals surface area contributed by atoms with Crippen LogP contribution in [0, 0.1) is 11.3 Å². The van der Waals surface area contributed by atoms with E-state index >= 15 is 0 Å². The van der Waals surface area contributed by atoms with Crippen molar-refractivity contribution >= 4 is 26.6 Å². The molecule has 0 unspecified atom stereocenters. The number of aromatic nitrogens is 1. The zero-order valence-corrected chi connectivity index (χ0v) is 22.3. The zero-order valence-electron chi connectivity index (χ0n) is 21.5. The molecule has 196 valence electrons. The van der Waals surface area contributed by atoms with Crippen molar-refractivity contribution in [2.75, 3.05) is 23.7 Å². The molecular formula is C28H33N3O5S. The van der Waals surface area contributed by atoms with E-state index in [4.69, 9.17) is 14.2 Å². The molecule has 2 aromatic carbocycles. The zero-order chi connectivity index (χ0) is 26.2. The summed E-state index contributed by atoms with van der Waals surface area (Å²) in [7, 11) is -3.37. The summed E-state index contributed by atoms with van der Waals surface area (Å²) < 4.78 is 46.8. The van der Waals surface area contributed by atoms with Crippen molar-refractivity contribution in [2.45, 2.75) is 64.4 Å². The average molecular weight is 524 g/mol. The molecular weight excluding hydrogens is 490 g/mol. The molecule has 2 heterocycles. The molecule has 1 aliphatic carbocycles. The van der Waals surface area contributed by atoms with Gasteiger partial charge in [-0.1, -0.05) is 19.1 Å². The Balaban J connectivity index is 1.49. The number of ether oxygens (including phenoxy) is 3. The van der Waals surface area contributed by atoms with Crippen LogP contribution < -0.4 is 9.46 Å². The molecule has 0 radical (unpaired) electrons. The number of anilines is 1. The Hall–Kier alpha value is -3.06. The van der Waals surface area contributed by atoms with Crippen LogP contribution in [-0.2, 0) is 19.5 Å². The van der Waals surface area contributed by atoms with Crippen LogP contribution in [0.5, 0.6) is 5.75 Å². The maximum Gasteiger partial charge on any atom is 0.232 e. The minimum atomic E-state index is -3.37. The fourth-order valence-corrected chi connectivity index (χ4v) is 6.17. The van der Waals surface area contributed by atoms with Crippen molar-refractivity contribution in [1.29, 1.82) is 5.26 Å². The minimum Gasteiger partial charge on any atom is -0.491 e. The highest BCUT2D eigenvalue weighted by Crippen LogP contribution is 2.43. The molecule has 1 saturated heterocycles. The highest BCUT2D eigenvalue weighted by molar-refractivity contribution is 7.92. The molecule has 37 heavy (non-hydrogen) atoms. The van der Waals surface area contributed by atoms with E-state index in [1.165, 1.54) is 0 Å². The molecule has 0 spiro atoms. The second-order valence-corrected chi connectivity index (χ2v) is 12.1. The number of rotatable bonds is 9. The van der Waals surface area contributed by atoms with Gasteiger partial charge in [0, 0.05) is 23.2 Å². The van der Waals surface area contributed by atoms with Crippen LogP contribution in [0.3, 0.4) is 0 Å². The van der Waals surface area contributed by atoms with Crippen LogP contribution in [0.1, 0.15) is 58.1 Å². The monoisotopic (exact) mass is 523 g/mol. The van der Waals surface area contributed by atoms with Crippen molar-refractivity contribution in [1.82, 2.24) is 4.57 Å². The first-order valence-electron chi connectivity index (χ1n) is 12.8. The lowest BCUT2D eigenvalue weighted by molar-refractivity contribution is -0.141. The minimum absolute atomic E-state index is 0.0747. The standard InChI is InChI=1S/C28H33N3O5S/c1-4-14-37(32,33)30-20-10-8-19(9-11-20)27-25(16-29)24-13-12-22(15-26(24)31(27)21-6-5-7-21)34-17-23-18-35-28(2,3)36-23/h8-13,15,21,23,30H,4-7,14,17-18H2,1-3H3/t23-/m1/s1. The quantitative estimate of drug-likeness (QED) is 0.392. The van der Waals surface area contributed by atoms with E-state index in [0.717, 1.165) is 47.2 Å². The van der Waals surface area contributed by atoms with Gasteiger partial charge in [0.2, 0.25) is 10.0 Å². The normalized spacial score (nSPS) is 19.5. The summed E-state index contributed by atoms with van der Waals surface area (Å²) in [6, 6.07) is 15.8. The number of hydrogen-bond donors (Lipinski definition) is 1. The first-order valence-corrected chi connectivity index (χ1v) is 14.5. The number of hydrogen-bond acceptors (Lipinski definition) is 6. The number of fused-ring (bicyclic) bond motifs is 1. The molecule has 8 nitrogen and oxygen atoms in total. The van der Waals surface area contributed by atoms with Gasteiger partial charge in [-0.25, -0.2) is 8.42 Å². The Bertz CT molecular complexity index is 1430. The van der Waals surface area contributed by atoms with E-state index in [1.807, 2.05) is 51.1 Å². The first kappa shape index (κ1) is 25.6. The third-order valence-corrected chi connectivity index (χ3v) is 8.43. The smallest absolute Gasteiger partial charge is 0.232 e. The number of benzene rings is 2. The Labute approximate surface area is 218 Å². The molecule has 0 bridgehead atoms. The van der Waals surface area contributed by atoms with Crippen LogP contribution in [0.15, 0.2) is 42.5 Å². The van der Waals surface area contributed by atoms with Gasteiger partial charge in [-0.3, -0.25) is 4.72 Å². The summed E-state index contributed by atoms with van der Waals surface area (Å²) in [4.78, 5) is 0. The highest BCUT2D eigenvalue weighted by atomic mass is 32.2. The lowest BCUT2D eigenvalue weighted by atomic mass is 9.92. The summed E-state index contributed by atoms with van der Waals surface area (Å²) in [5, 5.41) is 11.1. The first-order chi connectivity index (χ1) is 17.7. The number of nitriles is 1. The average Bonchev–Trinajstić information content (AvgIpc) is 3.33. The fourth-order valence-electron chi connectivity index (χ4n) is 5.03. The summed E-state index contributed by atoms with van der Waals surface area (Å²) in [6.45, 7) is 6.48. The SMILES string of the molecule is CCCS(=O)(=O)Nc1ccc(-c2c(C#N)c3ccc(OC[C@@H]4COC(C)(C)O4)cc3n2C2CCC2)cc1. The van der Waals surface area contributed by atoms with Gasteiger partial charge in [0.25, 0.3) is 0 Å². The summed E-state index contributed by atoms with van der Waals surface area (Å²) >= 11 is 0. The van der Waals surface area contributed by atoms with E-state index in [0.29, 0.717) is 36.9 Å². The van der Waals surface area contributed by atoms with Gasteiger partial charge in [-0.05, 0) is 69.4 Å². The number of nitrogens with zero attached hydrogens (tertiary/aromatic N) is 2. The predicted octanol–water partition coefficient (Wildman–Crippen LogP) is 5.59. The van der Waals surface area contributed by atoms with Gasteiger partial charge in [-0.2, -0.15) is 5.26 Å². The van der Waals surface area contributed by atoms with Crippen LogP contribution in [0.2, 0.25) is 0 Å². The molecule has 9 heteroatoms. The van der Waals surface area contributed by atoms with E-state index in [2.05, 4.69) is 15.4 Å². The van der Waals surface area contributed by atoms with E-state index in [1.54, 1.807) is 12.1 Å². The van der Waals surface area contributed by atoms with Gasteiger partial charge in [0.1, 0.15) is 24.5 Å².